The van der Waals surface area contributed by atoms with Crippen LogP contribution in [0.4, 0.5) is 0 Å². The first-order valence-electron chi connectivity index (χ1n) is 6.18. The Balaban J connectivity index is 2.46. The lowest BCUT2D eigenvalue weighted by Crippen LogP contribution is -2.02. The Morgan fingerprint density at radius 2 is 1.42 bits per heavy atom. The van der Waals surface area contributed by atoms with Crippen LogP contribution in [0.3, 0.4) is 0 Å². The molecule has 0 heterocycles. The fraction of sp³-hybridized carbons (Fsp3) is 0.0588. The molecule has 0 aliphatic rings. The molecular formula is C17H12O2. The van der Waals surface area contributed by atoms with Crippen LogP contribution in [0, 0.1) is 0 Å². The predicted molar refractivity (Wildman–Crippen MR) is 76.5 cm³/mol. The summed E-state index contributed by atoms with van der Waals surface area (Å²) in [5.41, 5.74) is 0.654. The van der Waals surface area contributed by atoms with E-state index in [0.717, 1.165) is 21.5 Å². The number of Topliss-reactive ketones (excluding diaryl/α,β-unsaturated/α-hetero) is 1. The molecule has 3 rings (SSSR count). The number of hydrogen-bond acceptors (Lipinski definition) is 2. The molecule has 0 aliphatic carbocycles. The minimum absolute atomic E-state index is 0.0714. The molecule has 0 radical (unpaired) electrons. The van der Waals surface area contributed by atoms with E-state index in [-0.39, 0.29) is 12.2 Å². The first kappa shape index (κ1) is 11.6. The fourth-order valence-electron chi connectivity index (χ4n) is 2.49. The van der Waals surface area contributed by atoms with Crippen LogP contribution < -0.4 is 0 Å². The molecule has 0 unspecified atom stereocenters. The molecule has 0 spiro atoms. The predicted octanol–water partition coefficient (Wildman–Crippen LogP) is 3.76. The monoisotopic (exact) mass is 248 g/mol. The van der Waals surface area contributed by atoms with Gasteiger partial charge in [-0.1, -0.05) is 48.5 Å². The van der Waals surface area contributed by atoms with Crippen LogP contribution in [0.25, 0.3) is 21.5 Å². The van der Waals surface area contributed by atoms with E-state index in [1.165, 1.54) is 0 Å². The molecule has 0 N–H and O–H groups in total. The second kappa shape index (κ2) is 4.65. The molecule has 92 valence electrons. The van der Waals surface area contributed by atoms with Gasteiger partial charge in [0.1, 0.15) is 6.29 Å². The van der Waals surface area contributed by atoms with Gasteiger partial charge in [0.2, 0.25) is 0 Å². The molecule has 0 fully saturated rings. The Morgan fingerprint density at radius 3 is 1.95 bits per heavy atom. The van der Waals surface area contributed by atoms with Crippen LogP contribution in [-0.2, 0) is 4.79 Å². The summed E-state index contributed by atoms with van der Waals surface area (Å²) in [4.78, 5) is 22.9. The molecule has 2 nitrogen and oxygen atoms in total. The van der Waals surface area contributed by atoms with E-state index in [0.29, 0.717) is 11.8 Å². The zero-order valence-corrected chi connectivity index (χ0v) is 10.3. The van der Waals surface area contributed by atoms with Crippen LogP contribution in [0.15, 0.2) is 54.6 Å². The highest BCUT2D eigenvalue weighted by atomic mass is 16.1. The summed E-state index contributed by atoms with van der Waals surface area (Å²) in [6, 6.07) is 17.6. The van der Waals surface area contributed by atoms with Crippen LogP contribution in [0.5, 0.6) is 0 Å². The van der Waals surface area contributed by atoms with Gasteiger partial charge >= 0.3 is 0 Å². The highest BCUT2D eigenvalue weighted by molar-refractivity contribution is 6.20. The molecular weight excluding hydrogens is 236 g/mol. The van der Waals surface area contributed by atoms with Crippen molar-refractivity contribution in [3.05, 3.63) is 60.2 Å². The summed E-state index contributed by atoms with van der Waals surface area (Å²) in [6.45, 7) is 0. The molecule has 0 aromatic heterocycles. The Bertz CT molecular complexity index is 733. The normalized spacial score (nSPS) is 10.7. The Hall–Kier alpha value is -2.48. The molecule has 0 bridgehead atoms. The van der Waals surface area contributed by atoms with Gasteiger partial charge in [0, 0.05) is 5.56 Å². The summed E-state index contributed by atoms with van der Waals surface area (Å²) < 4.78 is 0. The lowest BCUT2D eigenvalue weighted by Gasteiger charge is -2.09. The maximum absolute atomic E-state index is 12.2. The molecule has 19 heavy (non-hydrogen) atoms. The fourth-order valence-corrected chi connectivity index (χ4v) is 2.49. The minimum atomic E-state index is -0.122. The van der Waals surface area contributed by atoms with Crippen molar-refractivity contribution in [2.24, 2.45) is 0 Å². The molecule has 0 saturated carbocycles. The van der Waals surface area contributed by atoms with Gasteiger partial charge in [-0.2, -0.15) is 0 Å². The number of aldehydes is 1. The number of rotatable bonds is 3. The third kappa shape index (κ3) is 1.91. The standard InChI is InChI=1S/C17H12O2/c18-10-9-16(19)17-14-7-3-1-5-12(14)11-13-6-2-4-8-15(13)17/h1-8,10-11H,9H2. The number of ketones is 1. The number of benzene rings is 3. The van der Waals surface area contributed by atoms with Gasteiger partial charge < -0.3 is 4.79 Å². The topological polar surface area (TPSA) is 34.1 Å². The molecule has 2 heteroatoms. The van der Waals surface area contributed by atoms with E-state index in [2.05, 4.69) is 6.07 Å². The zero-order chi connectivity index (χ0) is 13.2. The molecule has 0 aliphatic heterocycles. The van der Waals surface area contributed by atoms with E-state index in [4.69, 9.17) is 0 Å². The minimum Gasteiger partial charge on any atom is -0.303 e. The van der Waals surface area contributed by atoms with Crippen LogP contribution in [-0.4, -0.2) is 12.1 Å². The second-order valence-corrected chi connectivity index (χ2v) is 4.49. The van der Waals surface area contributed by atoms with Crippen molar-refractivity contribution in [1.82, 2.24) is 0 Å². The van der Waals surface area contributed by atoms with E-state index in [1.54, 1.807) is 0 Å². The van der Waals surface area contributed by atoms with Gasteiger partial charge in [-0.3, -0.25) is 4.79 Å². The molecule has 0 saturated heterocycles. The molecule has 3 aromatic rings. The molecule has 0 atom stereocenters. The van der Waals surface area contributed by atoms with Gasteiger partial charge in [-0.05, 0) is 27.6 Å². The van der Waals surface area contributed by atoms with Crippen molar-refractivity contribution >= 4 is 33.6 Å². The van der Waals surface area contributed by atoms with Crippen LogP contribution in [0.2, 0.25) is 0 Å². The Kier molecular flexibility index (Phi) is 2.84. The summed E-state index contributed by atoms with van der Waals surface area (Å²) in [5, 5.41) is 3.87. The number of carbonyl (C=O) groups is 2. The number of hydrogen-bond donors (Lipinski definition) is 0. The molecule has 3 aromatic carbocycles. The van der Waals surface area contributed by atoms with Crippen LogP contribution in [0.1, 0.15) is 16.8 Å². The summed E-state index contributed by atoms with van der Waals surface area (Å²) in [5.74, 6) is -0.122. The highest BCUT2D eigenvalue weighted by Gasteiger charge is 2.13. The van der Waals surface area contributed by atoms with Crippen molar-refractivity contribution in [3.63, 3.8) is 0 Å². The number of carbonyl (C=O) groups excluding carboxylic acids is 2. The molecule has 0 amide bonds. The van der Waals surface area contributed by atoms with Crippen LogP contribution >= 0.6 is 0 Å². The van der Waals surface area contributed by atoms with E-state index >= 15 is 0 Å². The first-order chi connectivity index (χ1) is 9.31. The smallest absolute Gasteiger partial charge is 0.171 e. The van der Waals surface area contributed by atoms with E-state index in [1.807, 2.05) is 48.5 Å². The Labute approximate surface area is 110 Å². The van der Waals surface area contributed by atoms with E-state index in [9.17, 15) is 9.59 Å². The van der Waals surface area contributed by atoms with Gasteiger partial charge in [0.05, 0.1) is 6.42 Å². The highest BCUT2D eigenvalue weighted by Crippen LogP contribution is 2.29. The third-order valence-corrected chi connectivity index (χ3v) is 3.32. The lowest BCUT2D eigenvalue weighted by molar-refractivity contribution is -0.107. The Morgan fingerprint density at radius 1 is 0.895 bits per heavy atom. The lowest BCUT2D eigenvalue weighted by atomic mass is 9.93. The SMILES string of the molecule is O=CCC(=O)c1c2ccccc2cc2ccccc12. The van der Waals surface area contributed by atoms with Crippen molar-refractivity contribution in [2.45, 2.75) is 6.42 Å². The summed E-state index contributed by atoms with van der Waals surface area (Å²) >= 11 is 0. The maximum Gasteiger partial charge on any atom is 0.171 e. The average molecular weight is 248 g/mol. The van der Waals surface area contributed by atoms with E-state index < -0.39 is 0 Å². The largest absolute Gasteiger partial charge is 0.303 e. The van der Waals surface area contributed by atoms with Crippen molar-refractivity contribution in [3.8, 4) is 0 Å². The van der Waals surface area contributed by atoms with Gasteiger partial charge in [-0.15, -0.1) is 0 Å². The zero-order valence-electron chi connectivity index (χ0n) is 10.3. The average Bonchev–Trinajstić information content (AvgIpc) is 2.44. The van der Waals surface area contributed by atoms with Gasteiger partial charge in [-0.25, -0.2) is 0 Å². The van der Waals surface area contributed by atoms with Crippen molar-refractivity contribution in [1.29, 1.82) is 0 Å². The van der Waals surface area contributed by atoms with Crippen molar-refractivity contribution < 1.29 is 9.59 Å². The quantitative estimate of drug-likeness (QED) is 0.306. The first-order valence-corrected chi connectivity index (χ1v) is 6.18. The van der Waals surface area contributed by atoms with Crippen molar-refractivity contribution in [2.75, 3.05) is 0 Å². The second-order valence-electron chi connectivity index (χ2n) is 4.49. The number of fused-ring (bicyclic) bond motifs is 2. The van der Waals surface area contributed by atoms with Gasteiger partial charge in [0.15, 0.2) is 5.78 Å². The summed E-state index contributed by atoms with van der Waals surface area (Å²) in [7, 11) is 0. The third-order valence-electron chi connectivity index (χ3n) is 3.32. The van der Waals surface area contributed by atoms with Gasteiger partial charge in [0.25, 0.3) is 0 Å². The maximum atomic E-state index is 12.2. The summed E-state index contributed by atoms with van der Waals surface area (Å²) in [6.07, 6.45) is 0.594.